The van der Waals surface area contributed by atoms with Crippen molar-refractivity contribution in [1.29, 1.82) is 0 Å². The molecule has 0 bridgehead atoms. The Hall–Kier alpha value is -1.90. The Kier molecular flexibility index (Phi) is 10.4. The van der Waals surface area contributed by atoms with Gasteiger partial charge in [0.15, 0.2) is 0 Å². The largest absolute Gasteiger partial charge is 0.469 e. The molecule has 0 radical (unpaired) electrons. The van der Waals surface area contributed by atoms with Crippen molar-refractivity contribution in [3.05, 3.63) is 29.8 Å². The van der Waals surface area contributed by atoms with Gasteiger partial charge in [-0.1, -0.05) is 13.8 Å². The molecule has 0 aromatic heterocycles. The van der Waals surface area contributed by atoms with Crippen LogP contribution in [0.25, 0.3) is 0 Å². The number of halogens is 3. The first-order valence-corrected chi connectivity index (χ1v) is 9.97. The smallest absolute Gasteiger partial charge is 0.416 e. The lowest BCUT2D eigenvalue weighted by Gasteiger charge is -2.25. The van der Waals surface area contributed by atoms with Crippen molar-refractivity contribution in [1.82, 2.24) is 5.32 Å². The van der Waals surface area contributed by atoms with Crippen LogP contribution in [0.5, 0.6) is 5.75 Å². The minimum Gasteiger partial charge on any atom is -0.469 e. The number of hydrogen-bond acceptors (Lipinski definition) is 6. The van der Waals surface area contributed by atoms with E-state index in [1.165, 1.54) is 7.11 Å². The van der Waals surface area contributed by atoms with Gasteiger partial charge in [0.2, 0.25) is 5.91 Å². The summed E-state index contributed by atoms with van der Waals surface area (Å²) in [7, 11) is -0.795. The summed E-state index contributed by atoms with van der Waals surface area (Å²) >= 11 is 0. The fourth-order valence-corrected chi connectivity index (χ4v) is 3.22. The Morgan fingerprint density at radius 2 is 1.79 bits per heavy atom. The predicted octanol–water partition coefficient (Wildman–Crippen LogP) is 4.07. The number of nitrogens with one attached hydrogen (secondary N) is 1. The lowest BCUT2D eigenvalue weighted by molar-refractivity contribution is -0.141. The SMILES string of the molecule is CCOP(Oc1ccc(C(F)(F)F)cc1)OC(C(=O)NCCC(=O)OC)C(C)C. The average Bonchev–Trinajstić information content (AvgIpc) is 2.65. The van der Waals surface area contributed by atoms with Gasteiger partial charge in [-0.25, -0.2) is 0 Å². The number of carbonyl (C=O) groups is 2. The van der Waals surface area contributed by atoms with Crippen LogP contribution in [-0.4, -0.2) is 38.2 Å². The Morgan fingerprint density at radius 1 is 1.17 bits per heavy atom. The Bertz CT molecular complexity index is 654. The number of rotatable bonds is 11. The minimum atomic E-state index is -4.45. The molecular formula is C18H25F3NO6P. The number of methoxy groups -OCH3 is 1. The minimum absolute atomic E-state index is 0.00926. The van der Waals surface area contributed by atoms with Crippen LogP contribution in [0.15, 0.2) is 24.3 Å². The molecule has 2 atom stereocenters. The maximum atomic E-state index is 12.7. The molecule has 29 heavy (non-hydrogen) atoms. The first kappa shape index (κ1) is 25.1. The van der Waals surface area contributed by atoms with Crippen molar-refractivity contribution in [3.63, 3.8) is 0 Å². The number of benzene rings is 1. The molecule has 164 valence electrons. The highest BCUT2D eigenvalue weighted by Crippen LogP contribution is 2.43. The average molecular weight is 439 g/mol. The summed E-state index contributed by atoms with van der Waals surface area (Å²) in [6.45, 7) is 5.48. The van der Waals surface area contributed by atoms with Crippen LogP contribution in [0.3, 0.4) is 0 Å². The molecule has 1 aromatic carbocycles. The van der Waals surface area contributed by atoms with E-state index in [4.69, 9.17) is 13.6 Å². The normalized spacial score (nSPS) is 13.7. The summed E-state index contributed by atoms with van der Waals surface area (Å²) in [6.07, 6.45) is -5.39. The predicted molar refractivity (Wildman–Crippen MR) is 100.0 cm³/mol. The summed E-state index contributed by atoms with van der Waals surface area (Å²) in [5.41, 5.74) is -0.809. The topological polar surface area (TPSA) is 83.1 Å². The highest BCUT2D eigenvalue weighted by molar-refractivity contribution is 7.42. The Labute approximate surface area is 168 Å². The summed E-state index contributed by atoms with van der Waals surface area (Å²) in [5.74, 6) is -1.07. The van der Waals surface area contributed by atoms with E-state index in [0.717, 1.165) is 24.3 Å². The zero-order chi connectivity index (χ0) is 22.0. The summed E-state index contributed by atoms with van der Waals surface area (Å²) in [4.78, 5) is 23.5. The second-order valence-electron chi connectivity index (χ2n) is 6.14. The van der Waals surface area contributed by atoms with E-state index >= 15 is 0 Å². The van der Waals surface area contributed by atoms with Gasteiger partial charge in [-0.2, -0.15) is 13.2 Å². The molecule has 0 aliphatic heterocycles. The lowest BCUT2D eigenvalue weighted by Crippen LogP contribution is -2.40. The third kappa shape index (κ3) is 8.97. The van der Waals surface area contributed by atoms with E-state index in [1.807, 2.05) is 0 Å². The molecule has 1 N–H and O–H groups in total. The van der Waals surface area contributed by atoms with Gasteiger partial charge in [-0.05, 0) is 37.1 Å². The number of alkyl halides is 3. The lowest BCUT2D eigenvalue weighted by atomic mass is 10.1. The van der Waals surface area contributed by atoms with Gasteiger partial charge in [-0.3, -0.25) is 14.1 Å². The Morgan fingerprint density at radius 3 is 2.28 bits per heavy atom. The van der Waals surface area contributed by atoms with Crippen LogP contribution in [-0.2, 0) is 29.5 Å². The first-order chi connectivity index (χ1) is 13.6. The van der Waals surface area contributed by atoms with Gasteiger partial charge >= 0.3 is 20.7 Å². The maximum absolute atomic E-state index is 12.7. The number of esters is 1. The summed E-state index contributed by atoms with van der Waals surface area (Å²) < 4.78 is 59.1. The number of hydrogen-bond donors (Lipinski definition) is 1. The molecule has 2 unspecified atom stereocenters. The number of carbonyl (C=O) groups excluding carboxylic acids is 2. The van der Waals surface area contributed by atoms with Crippen LogP contribution in [0.4, 0.5) is 13.2 Å². The second-order valence-corrected chi connectivity index (χ2v) is 7.24. The quantitative estimate of drug-likeness (QED) is 0.414. The van der Waals surface area contributed by atoms with Gasteiger partial charge in [0, 0.05) is 6.54 Å². The van der Waals surface area contributed by atoms with E-state index in [2.05, 4.69) is 10.1 Å². The van der Waals surface area contributed by atoms with Crippen molar-refractivity contribution in [3.8, 4) is 5.75 Å². The standard InChI is InChI=1S/C18H25F3NO6P/c1-5-26-29(27-14-8-6-13(7-9-14)18(19,20)21)28-16(12(2)3)17(24)22-11-10-15(23)25-4/h6-9,12,16H,5,10-11H2,1-4H3,(H,22,24). The first-order valence-electron chi connectivity index (χ1n) is 8.88. The second kappa shape index (κ2) is 11.9. The van der Waals surface area contributed by atoms with Crippen molar-refractivity contribution >= 4 is 20.5 Å². The molecule has 1 rings (SSSR count). The van der Waals surface area contributed by atoms with Gasteiger partial charge < -0.3 is 19.1 Å². The monoisotopic (exact) mass is 439 g/mol. The zero-order valence-corrected chi connectivity index (χ0v) is 17.5. The molecule has 0 saturated heterocycles. The van der Waals surface area contributed by atoms with Gasteiger partial charge in [0.1, 0.15) is 11.9 Å². The van der Waals surface area contributed by atoms with Crippen molar-refractivity contribution in [2.75, 3.05) is 20.3 Å². The van der Waals surface area contributed by atoms with E-state index in [1.54, 1.807) is 20.8 Å². The molecule has 1 amide bonds. The fraction of sp³-hybridized carbons (Fsp3) is 0.556. The van der Waals surface area contributed by atoms with Crippen LogP contribution in [0.2, 0.25) is 0 Å². The fourth-order valence-electron chi connectivity index (χ4n) is 2.03. The van der Waals surface area contributed by atoms with E-state index < -0.39 is 38.3 Å². The highest BCUT2D eigenvalue weighted by atomic mass is 31.2. The summed E-state index contributed by atoms with van der Waals surface area (Å²) in [5, 5.41) is 2.57. The Balaban J connectivity index is 2.77. The molecule has 0 fully saturated rings. The molecule has 0 saturated carbocycles. The number of amides is 1. The van der Waals surface area contributed by atoms with Crippen LogP contribution in [0.1, 0.15) is 32.8 Å². The van der Waals surface area contributed by atoms with Crippen molar-refractivity contribution in [2.24, 2.45) is 5.92 Å². The van der Waals surface area contributed by atoms with E-state index in [0.29, 0.717) is 0 Å². The molecule has 0 aliphatic rings. The number of ether oxygens (including phenoxy) is 1. The molecular weight excluding hydrogens is 414 g/mol. The zero-order valence-electron chi connectivity index (χ0n) is 16.6. The highest BCUT2D eigenvalue weighted by Gasteiger charge is 2.31. The van der Waals surface area contributed by atoms with Crippen molar-refractivity contribution < 1.29 is 41.1 Å². The van der Waals surface area contributed by atoms with E-state index in [9.17, 15) is 22.8 Å². The van der Waals surface area contributed by atoms with Crippen LogP contribution >= 0.6 is 8.60 Å². The third-order valence-corrected chi connectivity index (χ3v) is 4.74. The van der Waals surface area contributed by atoms with Crippen LogP contribution < -0.4 is 9.84 Å². The van der Waals surface area contributed by atoms with Gasteiger partial charge in [-0.15, -0.1) is 0 Å². The summed E-state index contributed by atoms with van der Waals surface area (Å²) in [6, 6.07) is 4.07. The maximum Gasteiger partial charge on any atom is 0.416 e. The molecule has 7 nitrogen and oxygen atoms in total. The van der Waals surface area contributed by atoms with E-state index in [-0.39, 0.29) is 31.2 Å². The van der Waals surface area contributed by atoms with Crippen molar-refractivity contribution in [2.45, 2.75) is 39.5 Å². The molecule has 1 aromatic rings. The van der Waals surface area contributed by atoms with Crippen LogP contribution in [0, 0.1) is 5.92 Å². The van der Waals surface area contributed by atoms with Gasteiger partial charge in [0.05, 0.1) is 25.7 Å². The molecule has 0 heterocycles. The molecule has 0 aliphatic carbocycles. The molecule has 0 spiro atoms. The van der Waals surface area contributed by atoms with Gasteiger partial charge in [0.25, 0.3) is 0 Å². The molecule has 11 heteroatoms. The third-order valence-electron chi connectivity index (χ3n) is 3.52.